The van der Waals surface area contributed by atoms with Crippen LogP contribution in [0.2, 0.25) is 0 Å². The number of para-hydroxylation sites is 1. The lowest BCUT2D eigenvalue weighted by Gasteiger charge is -2.36. The summed E-state index contributed by atoms with van der Waals surface area (Å²) < 4.78 is 5.79. The van der Waals surface area contributed by atoms with Crippen molar-refractivity contribution >= 4 is 63.7 Å². The van der Waals surface area contributed by atoms with E-state index in [1.54, 1.807) is 63.8 Å². The number of nitrogens with one attached hydrogen (secondary N) is 3. The van der Waals surface area contributed by atoms with Gasteiger partial charge in [-0.05, 0) is 83.6 Å². The molecule has 0 bridgehead atoms. The summed E-state index contributed by atoms with van der Waals surface area (Å²) in [5.41, 5.74) is 9.60. The number of fused-ring (bicyclic) bond motifs is 1. The molecule has 64 heavy (non-hydrogen) atoms. The Hall–Kier alpha value is -6.29. The highest BCUT2D eigenvalue weighted by Gasteiger charge is 2.29. The van der Waals surface area contributed by atoms with Crippen LogP contribution in [0.25, 0.3) is 10.9 Å². The molecule has 6 N–H and O–H groups in total. The first-order chi connectivity index (χ1) is 30.3. The highest BCUT2D eigenvalue weighted by atomic mass is 16.6. The fraction of sp³-hybridized carbons (Fsp3) is 0.479. The number of aliphatic hydroxyl groups is 1. The zero-order chi connectivity index (χ0) is 47.1. The van der Waals surface area contributed by atoms with Crippen LogP contribution in [0.3, 0.4) is 0 Å². The van der Waals surface area contributed by atoms with Gasteiger partial charge in [-0.25, -0.2) is 9.78 Å². The van der Waals surface area contributed by atoms with Crippen molar-refractivity contribution in [2.45, 2.75) is 118 Å². The second-order valence-corrected chi connectivity index (χ2v) is 17.1. The minimum atomic E-state index is -1.10. The zero-order valence-corrected chi connectivity index (χ0v) is 38.5. The van der Waals surface area contributed by atoms with E-state index in [2.05, 4.69) is 33.9 Å². The van der Waals surface area contributed by atoms with Crippen molar-refractivity contribution in [3.05, 3.63) is 83.6 Å². The van der Waals surface area contributed by atoms with Crippen LogP contribution in [-0.2, 0) is 35.3 Å². The van der Waals surface area contributed by atoms with Gasteiger partial charge in [-0.1, -0.05) is 70.0 Å². The van der Waals surface area contributed by atoms with Gasteiger partial charge in [0.05, 0.1) is 29.9 Å². The summed E-state index contributed by atoms with van der Waals surface area (Å²) in [5, 5.41) is 20.3. The molecule has 346 valence electrons. The molecule has 2 atom stereocenters. The molecular weight excluding hydrogens is 817 g/mol. The molecule has 2 heterocycles. The number of benzene rings is 2. The van der Waals surface area contributed by atoms with E-state index in [4.69, 9.17) is 10.5 Å². The molecule has 0 fully saturated rings. The zero-order valence-electron chi connectivity index (χ0n) is 38.5. The molecule has 1 aliphatic rings. The minimum absolute atomic E-state index is 0.0251. The number of ether oxygens (including phenoxy) is 1. The number of hydrogen-bond acceptors (Lipinski definition) is 11. The molecule has 0 saturated carbocycles. The Morgan fingerprint density at radius 3 is 2.23 bits per heavy atom. The normalized spacial score (nSPS) is 13.8. The van der Waals surface area contributed by atoms with E-state index in [1.807, 2.05) is 43.0 Å². The standard InChI is InChI=1S/C48H66N8O8/c1-9-11-17-36(56(30-48(7,8)63)43-32(5)44(49)52-38-19-15-14-18-37(38)43)28-54(10-2)47(62)64-29-34-21-23-35(24-22-34)51-45(60)33(6)50-46(61)42(31(3)4)53-39(57)20-13-12-16-27-55-40(58)25-26-41(55)59/h14-15,17-19,21-26,31,33,42,63H,9-13,16,20,27-30H2,1-8H3,(H2,49,52)(H,50,61)(H,51,60)(H,53,57)/b36-17+/t33-,42?/m0/s1. The van der Waals surface area contributed by atoms with E-state index in [1.165, 1.54) is 12.2 Å². The number of aromatic nitrogens is 1. The number of rotatable bonds is 23. The van der Waals surface area contributed by atoms with Gasteiger partial charge in [0.2, 0.25) is 17.7 Å². The van der Waals surface area contributed by atoms with Crippen molar-refractivity contribution in [1.82, 2.24) is 25.4 Å². The maximum Gasteiger partial charge on any atom is 0.410 e. The molecule has 2 aromatic carbocycles. The number of nitrogens with zero attached hydrogens (tertiary/aromatic N) is 4. The lowest BCUT2D eigenvalue weighted by molar-refractivity contribution is -0.137. The Labute approximate surface area is 376 Å². The maximum absolute atomic E-state index is 13.6. The molecule has 3 aromatic rings. The fourth-order valence-electron chi connectivity index (χ4n) is 7.14. The van der Waals surface area contributed by atoms with Gasteiger partial charge in [0.1, 0.15) is 24.5 Å². The van der Waals surface area contributed by atoms with Crippen molar-refractivity contribution in [3.63, 3.8) is 0 Å². The second kappa shape index (κ2) is 23.4. The number of anilines is 3. The maximum atomic E-state index is 13.6. The fourth-order valence-corrected chi connectivity index (χ4v) is 7.14. The SMILES string of the molecule is CCC/C=C(\CN(CC)C(=O)OCc1ccc(NC(=O)[C@H](C)NC(=O)C(NC(=O)CCCCCN2C(=O)C=CC2=O)C(C)C)cc1)N(CC(C)(C)O)c1c(C)c(N)nc2ccccc12. The van der Waals surface area contributed by atoms with Gasteiger partial charge in [-0.2, -0.15) is 0 Å². The topological polar surface area (TPSA) is 217 Å². The summed E-state index contributed by atoms with van der Waals surface area (Å²) in [6.07, 6.45) is 7.52. The average molecular weight is 883 g/mol. The number of carbonyl (C=O) groups is 6. The van der Waals surface area contributed by atoms with Gasteiger partial charge in [0.25, 0.3) is 11.8 Å². The molecule has 6 amide bonds. The molecule has 0 saturated heterocycles. The number of nitrogen functional groups attached to an aromatic ring is 1. The predicted octanol–water partition coefficient (Wildman–Crippen LogP) is 6.11. The van der Waals surface area contributed by atoms with E-state index in [9.17, 15) is 33.9 Å². The number of carbonyl (C=O) groups excluding carboxylic acids is 6. The summed E-state index contributed by atoms with van der Waals surface area (Å²) >= 11 is 0. The number of likely N-dealkylation sites (N-methyl/N-ethyl adjacent to an activating group) is 1. The Morgan fingerprint density at radius 1 is 0.938 bits per heavy atom. The van der Waals surface area contributed by atoms with Gasteiger partial charge in [0.15, 0.2) is 0 Å². The summed E-state index contributed by atoms with van der Waals surface area (Å²) in [6.45, 7) is 15.5. The van der Waals surface area contributed by atoms with Gasteiger partial charge >= 0.3 is 6.09 Å². The minimum Gasteiger partial charge on any atom is -0.445 e. The van der Waals surface area contributed by atoms with Crippen LogP contribution in [0.4, 0.5) is 22.0 Å². The lowest BCUT2D eigenvalue weighted by atomic mass is 10.0. The van der Waals surface area contributed by atoms with E-state index in [0.717, 1.165) is 45.6 Å². The summed E-state index contributed by atoms with van der Waals surface area (Å²) in [6, 6.07) is 12.7. The number of nitrogens with two attached hydrogens (primary N) is 1. The van der Waals surface area contributed by atoms with Gasteiger partial charge in [0, 0.05) is 54.0 Å². The van der Waals surface area contributed by atoms with Gasteiger partial charge in [-0.15, -0.1) is 0 Å². The lowest BCUT2D eigenvalue weighted by Crippen LogP contribution is -2.53. The van der Waals surface area contributed by atoms with E-state index in [-0.39, 0.29) is 56.3 Å². The number of allylic oxidation sites excluding steroid dienone is 1. The Kier molecular flexibility index (Phi) is 18.4. The molecule has 16 nitrogen and oxygen atoms in total. The van der Waals surface area contributed by atoms with Crippen LogP contribution < -0.4 is 26.6 Å². The first-order valence-corrected chi connectivity index (χ1v) is 22.1. The predicted molar refractivity (Wildman–Crippen MR) is 249 cm³/mol. The van der Waals surface area contributed by atoms with Crippen LogP contribution >= 0.6 is 0 Å². The van der Waals surface area contributed by atoms with Gasteiger partial charge < -0.3 is 41.3 Å². The van der Waals surface area contributed by atoms with E-state index < -0.39 is 35.6 Å². The van der Waals surface area contributed by atoms with Crippen molar-refractivity contribution < 1.29 is 38.6 Å². The van der Waals surface area contributed by atoms with Crippen LogP contribution in [0, 0.1) is 12.8 Å². The van der Waals surface area contributed by atoms with Crippen LogP contribution in [0.5, 0.6) is 0 Å². The summed E-state index contributed by atoms with van der Waals surface area (Å²) in [5.74, 6) is -1.81. The number of pyridine rings is 1. The second-order valence-electron chi connectivity index (χ2n) is 17.1. The van der Waals surface area contributed by atoms with Gasteiger partial charge in [-0.3, -0.25) is 28.9 Å². The summed E-state index contributed by atoms with van der Waals surface area (Å²) in [4.78, 5) is 85.5. The van der Waals surface area contributed by atoms with Crippen molar-refractivity contribution in [2.24, 2.45) is 5.92 Å². The number of imide groups is 1. The highest BCUT2D eigenvalue weighted by Crippen LogP contribution is 2.36. The molecule has 1 unspecified atom stereocenters. The third-order valence-electron chi connectivity index (χ3n) is 10.8. The number of unbranched alkanes of at least 4 members (excludes halogenated alkanes) is 3. The number of hydrogen-bond donors (Lipinski definition) is 5. The molecule has 0 spiro atoms. The van der Waals surface area contributed by atoms with Crippen molar-refractivity contribution in [3.8, 4) is 0 Å². The van der Waals surface area contributed by atoms with Crippen molar-refractivity contribution in [1.29, 1.82) is 0 Å². The number of amides is 6. The molecule has 0 aliphatic carbocycles. The van der Waals surface area contributed by atoms with E-state index >= 15 is 0 Å². The Balaban J connectivity index is 1.31. The first kappa shape index (κ1) is 50.4. The first-order valence-electron chi connectivity index (χ1n) is 22.1. The van der Waals surface area contributed by atoms with Crippen LogP contribution in [0.1, 0.15) is 98.1 Å². The third kappa shape index (κ3) is 14.4. The quantitative estimate of drug-likeness (QED) is 0.0541. The molecule has 1 aliphatic heterocycles. The smallest absolute Gasteiger partial charge is 0.410 e. The van der Waals surface area contributed by atoms with Crippen LogP contribution in [-0.4, -0.2) is 99.4 Å². The molecule has 0 radical (unpaired) electrons. The molecule has 1 aromatic heterocycles. The molecule has 16 heteroatoms. The van der Waals surface area contributed by atoms with E-state index in [0.29, 0.717) is 42.9 Å². The third-order valence-corrected chi connectivity index (χ3v) is 10.8. The Bertz CT molecular complexity index is 2180. The Morgan fingerprint density at radius 2 is 1.61 bits per heavy atom. The largest absolute Gasteiger partial charge is 0.445 e. The monoisotopic (exact) mass is 883 g/mol. The summed E-state index contributed by atoms with van der Waals surface area (Å²) in [7, 11) is 0. The van der Waals surface area contributed by atoms with Crippen molar-refractivity contribution in [2.75, 3.05) is 42.1 Å². The highest BCUT2D eigenvalue weighted by molar-refractivity contribution is 6.12. The molecular formula is C48H66N8O8. The van der Waals surface area contributed by atoms with Crippen LogP contribution in [0.15, 0.2) is 72.5 Å². The molecule has 4 rings (SSSR count). The average Bonchev–Trinajstić information content (AvgIpc) is 3.57.